The molecule has 0 atom stereocenters. The van der Waals surface area contributed by atoms with E-state index in [1.807, 2.05) is 18.2 Å². The average Bonchev–Trinajstić information content (AvgIpc) is 2.55. The van der Waals surface area contributed by atoms with Gasteiger partial charge in [0.25, 0.3) is 0 Å². The highest BCUT2D eigenvalue weighted by atomic mass is 15.3. The number of hydrogen-bond acceptors (Lipinski definition) is 5. The fourth-order valence-electron chi connectivity index (χ4n) is 2.75. The van der Waals surface area contributed by atoms with Crippen molar-refractivity contribution < 1.29 is 0 Å². The minimum absolute atomic E-state index is 0.749. The van der Waals surface area contributed by atoms with Crippen LogP contribution in [-0.2, 0) is 0 Å². The van der Waals surface area contributed by atoms with Gasteiger partial charge in [-0.1, -0.05) is 12.1 Å². The Morgan fingerprint density at radius 2 is 1.67 bits per heavy atom. The molecule has 106 valence electrons. The molecule has 3 rings (SSSR count). The van der Waals surface area contributed by atoms with Crippen LogP contribution in [0.4, 0.5) is 11.6 Å². The van der Waals surface area contributed by atoms with Gasteiger partial charge >= 0.3 is 0 Å². The van der Waals surface area contributed by atoms with Crippen LogP contribution in [0.25, 0.3) is 0 Å². The molecule has 0 unspecified atom stereocenters. The van der Waals surface area contributed by atoms with E-state index < -0.39 is 0 Å². The van der Waals surface area contributed by atoms with Crippen molar-refractivity contribution in [3.8, 4) is 6.07 Å². The van der Waals surface area contributed by atoms with E-state index in [-0.39, 0.29) is 0 Å². The molecule has 0 saturated carbocycles. The average molecular weight is 279 g/mol. The molecule has 0 aliphatic carbocycles. The molecular formula is C16H17N5. The first-order valence-electron chi connectivity index (χ1n) is 7.06. The van der Waals surface area contributed by atoms with E-state index in [1.165, 1.54) is 0 Å². The molecule has 0 radical (unpaired) electrons. The van der Waals surface area contributed by atoms with Crippen LogP contribution in [0.2, 0.25) is 0 Å². The van der Waals surface area contributed by atoms with Gasteiger partial charge in [-0.15, -0.1) is 0 Å². The standard InChI is InChI=1S/C16H17N5/c1-13-4-2-5-14(12-17)15(13)20-8-10-21(11-9-20)16-18-6-3-7-19-16/h2-7H,8-11H2,1H3. The number of aromatic nitrogens is 2. The fourth-order valence-corrected chi connectivity index (χ4v) is 2.75. The molecule has 0 amide bonds. The van der Waals surface area contributed by atoms with E-state index in [4.69, 9.17) is 0 Å². The molecule has 0 bridgehead atoms. The Morgan fingerprint density at radius 3 is 2.33 bits per heavy atom. The van der Waals surface area contributed by atoms with Crippen molar-refractivity contribution in [2.45, 2.75) is 6.92 Å². The molecular weight excluding hydrogens is 262 g/mol. The van der Waals surface area contributed by atoms with Gasteiger partial charge in [0.1, 0.15) is 6.07 Å². The Bertz CT molecular complexity index is 654. The van der Waals surface area contributed by atoms with E-state index in [2.05, 4.69) is 38.8 Å². The lowest BCUT2D eigenvalue weighted by Gasteiger charge is -2.37. The second kappa shape index (κ2) is 5.80. The summed E-state index contributed by atoms with van der Waals surface area (Å²) < 4.78 is 0. The van der Waals surface area contributed by atoms with Crippen LogP contribution in [-0.4, -0.2) is 36.1 Å². The van der Waals surface area contributed by atoms with Crippen LogP contribution in [0.3, 0.4) is 0 Å². The first-order chi connectivity index (χ1) is 10.3. The SMILES string of the molecule is Cc1cccc(C#N)c1N1CCN(c2ncccn2)CC1. The maximum Gasteiger partial charge on any atom is 0.225 e. The van der Waals surface area contributed by atoms with Crippen molar-refractivity contribution in [1.29, 1.82) is 5.26 Å². The highest BCUT2D eigenvalue weighted by Crippen LogP contribution is 2.26. The Hall–Kier alpha value is -2.61. The molecule has 5 nitrogen and oxygen atoms in total. The van der Waals surface area contributed by atoms with Crippen molar-refractivity contribution in [2.24, 2.45) is 0 Å². The second-order valence-corrected chi connectivity index (χ2v) is 5.11. The van der Waals surface area contributed by atoms with Crippen molar-refractivity contribution in [1.82, 2.24) is 9.97 Å². The Kier molecular flexibility index (Phi) is 3.69. The normalized spacial score (nSPS) is 14.9. The highest BCUT2D eigenvalue weighted by Gasteiger charge is 2.21. The van der Waals surface area contributed by atoms with Crippen molar-refractivity contribution in [3.63, 3.8) is 0 Å². The number of anilines is 2. The summed E-state index contributed by atoms with van der Waals surface area (Å²) >= 11 is 0. The number of aryl methyl sites for hydroxylation is 1. The molecule has 2 heterocycles. The van der Waals surface area contributed by atoms with Gasteiger partial charge < -0.3 is 9.80 Å². The number of rotatable bonds is 2. The quantitative estimate of drug-likeness (QED) is 0.841. The molecule has 1 aromatic carbocycles. The number of nitrogens with zero attached hydrogens (tertiary/aromatic N) is 5. The number of nitriles is 1. The van der Waals surface area contributed by atoms with Crippen LogP contribution < -0.4 is 9.80 Å². The minimum Gasteiger partial charge on any atom is -0.367 e. The lowest BCUT2D eigenvalue weighted by Crippen LogP contribution is -2.47. The van der Waals surface area contributed by atoms with Crippen LogP contribution in [0.15, 0.2) is 36.7 Å². The summed E-state index contributed by atoms with van der Waals surface area (Å²) in [6.45, 7) is 5.53. The van der Waals surface area contributed by atoms with Gasteiger partial charge in [-0.2, -0.15) is 5.26 Å². The molecule has 5 heteroatoms. The molecule has 1 aliphatic rings. The minimum atomic E-state index is 0.749. The predicted molar refractivity (Wildman–Crippen MR) is 82.4 cm³/mol. The first-order valence-corrected chi connectivity index (χ1v) is 7.06. The summed E-state index contributed by atoms with van der Waals surface area (Å²) in [5, 5.41) is 9.30. The molecule has 21 heavy (non-hydrogen) atoms. The molecule has 0 N–H and O–H groups in total. The van der Waals surface area contributed by atoms with Crippen LogP contribution in [0.5, 0.6) is 0 Å². The van der Waals surface area contributed by atoms with Crippen molar-refractivity contribution >= 4 is 11.6 Å². The zero-order chi connectivity index (χ0) is 14.7. The van der Waals surface area contributed by atoms with Crippen molar-refractivity contribution in [3.05, 3.63) is 47.8 Å². The van der Waals surface area contributed by atoms with Gasteiger partial charge in [-0.3, -0.25) is 0 Å². The highest BCUT2D eigenvalue weighted by molar-refractivity contribution is 5.64. The Labute approximate surface area is 124 Å². The van der Waals surface area contributed by atoms with E-state index in [0.717, 1.165) is 48.9 Å². The summed E-state index contributed by atoms with van der Waals surface area (Å²) in [6.07, 6.45) is 3.54. The van der Waals surface area contributed by atoms with Gasteiger partial charge in [-0.05, 0) is 24.6 Å². The van der Waals surface area contributed by atoms with E-state index >= 15 is 0 Å². The lowest BCUT2D eigenvalue weighted by atomic mass is 10.1. The van der Waals surface area contributed by atoms with E-state index in [9.17, 15) is 5.26 Å². The molecule has 1 saturated heterocycles. The first kappa shape index (κ1) is 13.4. The maximum atomic E-state index is 9.30. The molecule has 1 fully saturated rings. The van der Waals surface area contributed by atoms with Gasteiger partial charge in [0.05, 0.1) is 11.3 Å². The topological polar surface area (TPSA) is 56.1 Å². The third kappa shape index (κ3) is 2.65. The van der Waals surface area contributed by atoms with Gasteiger partial charge in [0, 0.05) is 38.6 Å². The lowest BCUT2D eigenvalue weighted by molar-refractivity contribution is 0.638. The Balaban J connectivity index is 1.77. The largest absolute Gasteiger partial charge is 0.367 e. The molecule has 1 aliphatic heterocycles. The van der Waals surface area contributed by atoms with Crippen LogP contribution in [0.1, 0.15) is 11.1 Å². The monoisotopic (exact) mass is 279 g/mol. The fraction of sp³-hybridized carbons (Fsp3) is 0.312. The summed E-state index contributed by atoms with van der Waals surface area (Å²) in [6, 6.07) is 10.0. The van der Waals surface area contributed by atoms with Crippen LogP contribution >= 0.6 is 0 Å². The summed E-state index contributed by atoms with van der Waals surface area (Å²) in [5.74, 6) is 0.780. The number of benzene rings is 1. The smallest absolute Gasteiger partial charge is 0.225 e. The van der Waals surface area contributed by atoms with E-state index in [1.54, 1.807) is 12.4 Å². The zero-order valence-corrected chi connectivity index (χ0v) is 12.0. The molecule has 1 aromatic heterocycles. The number of piperazine rings is 1. The summed E-state index contributed by atoms with van der Waals surface area (Å²) in [5.41, 5.74) is 2.96. The van der Waals surface area contributed by atoms with Gasteiger partial charge in [-0.25, -0.2) is 9.97 Å². The van der Waals surface area contributed by atoms with Crippen LogP contribution in [0, 0.1) is 18.3 Å². The third-order valence-electron chi connectivity index (χ3n) is 3.79. The van der Waals surface area contributed by atoms with E-state index in [0.29, 0.717) is 0 Å². The van der Waals surface area contributed by atoms with Gasteiger partial charge in [0.15, 0.2) is 0 Å². The molecule has 2 aromatic rings. The second-order valence-electron chi connectivity index (χ2n) is 5.11. The number of hydrogen-bond donors (Lipinski definition) is 0. The van der Waals surface area contributed by atoms with Gasteiger partial charge in [0.2, 0.25) is 5.95 Å². The number of para-hydroxylation sites is 1. The predicted octanol–water partition coefficient (Wildman–Crippen LogP) is 1.98. The summed E-state index contributed by atoms with van der Waals surface area (Å²) in [4.78, 5) is 13.1. The summed E-state index contributed by atoms with van der Waals surface area (Å²) in [7, 11) is 0. The third-order valence-corrected chi connectivity index (χ3v) is 3.79. The molecule has 0 spiro atoms. The Morgan fingerprint density at radius 1 is 1.00 bits per heavy atom. The van der Waals surface area contributed by atoms with Crippen molar-refractivity contribution in [2.75, 3.05) is 36.0 Å². The maximum absolute atomic E-state index is 9.30. The zero-order valence-electron chi connectivity index (χ0n) is 12.0.